The normalized spacial score (nSPS) is 13.4. The number of rotatable bonds is 6. The number of hydrogen-bond acceptors (Lipinski definition) is 4. The summed E-state index contributed by atoms with van der Waals surface area (Å²) in [5.74, 6) is 0.0563. The van der Waals surface area contributed by atoms with Gasteiger partial charge in [0.25, 0.3) is 0 Å². The van der Waals surface area contributed by atoms with Crippen molar-refractivity contribution in [3.8, 4) is 0 Å². The Hall–Kier alpha value is -1.75. The fraction of sp³-hybridized carbons (Fsp3) is 0.500. The van der Waals surface area contributed by atoms with Gasteiger partial charge in [-0.3, -0.25) is 4.79 Å². The molecular weight excluding hydrogens is 242 g/mol. The van der Waals surface area contributed by atoms with Gasteiger partial charge in [-0.05, 0) is 36.6 Å². The number of hydrogen-bond donors (Lipinski definition) is 2. The molecule has 1 aromatic carbocycles. The predicted molar refractivity (Wildman–Crippen MR) is 76.3 cm³/mol. The molecule has 0 aliphatic carbocycles. The molecule has 0 aromatic heterocycles. The molecule has 1 aliphatic heterocycles. The van der Waals surface area contributed by atoms with Crippen LogP contribution in [0.25, 0.3) is 0 Å². The summed E-state index contributed by atoms with van der Waals surface area (Å²) in [6, 6.07) is 5.87. The van der Waals surface area contributed by atoms with Gasteiger partial charge in [0, 0.05) is 38.2 Å². The average molecular weight is 263 g/mol. The van der Waals surface area contributed by atoms with Gasteiger partial charge in [-0.1, -0.05) is 0 Å². The molecule has 1 amide bonds. The smallest absolute Gasteiger partial charge is 0.239 e. The highest BCUT2D eigenvalue weighted by atomic mass is 16.5. The van der Waals surface area contributed by atoms with Crippen molar-refractivity contribution in [2.45, 2.75) is 12.8 Å². The lowest BCUT2D eigenvalue weighted by Crippen LogP contribution is -2.37. The molecule has 0 unspecified atom stereocenters. The van der Waals surface area contributed by atoms with Gasteiger partial charge in [-0.2, -0.15) is 0 Å². The SMILES string of the molecule is COCCCNC(=O)CN1CCc2cc(N)ccc21. The first-order valence-corrected chi connectivity index (χ1v) is 6.59. The summed E-state index contributed by atoms with van der Waals surface area (Å²) in [5, 5.41) is 2.90. The van der Waals surface area contributed by atoms with Crippen LogP contribution in [0, 0.1) is 0 Å². The predicted octanol–water partition coefficient (Wildman–Crippen LogP) is 0.784. The Labute approximate surface area is 113 Å². The summed E-state index contributed by atoms with van der Waals surface area (Å²) in [6.07, 6.45) is 1.80. The highest BCUT2D eigenvalue weighted by Gasteiger charge is 2.20. The first-order chi connectivity index (χ1) is 9.20. The summed E-state index contributed by atoms with van der Waals surface area (Å²) in [7, 11) is 1.66. The van der Waals surface area contributed by atoms with Crippen molar-refractivity contribution in [1.29, 1.82) is 0 Å². The molecular formula is C14H21N3O2. The maximum atomic E-state index is 11.8. The van der Waals surface area contributed by atoms with E-state index >= 15 is 0 Å². The molecule has 0 radical (unpaired) electrons. The Kier molecular flexibility index (Phi) is 4.63. The van der Waals surface area contributed by atoms with Crippen molar-refractivity contribution in [1.82, 2.24) is 5.32 Å². The fourth-order valence-electron chi connectivity index (χ4n) is 2.33. The zero-order valence-electron chi connectivity index (χ0n) is 11.3. The van der Waals surface area contributed by atoms with Gasteiger partial charge < -0.3 is 20.7 Å². The minimum Gasteiger partial charge on any atom is -0.399 e. The third-order valence-corrected chi connectivity index (χ3v) is 3.28. The summed E-state index contributed by atoms with van der Waals surface area (Å²) < 4.78 is 4.94. The minimum absolute atomic E-state index is 0.0563. The largest absolute Gasteiger partial charge is 0.399 e. The number of carbonyl (C=O) groups excluding carboxylic acids is 1. The lowest BCUT2D eigenvalue weighted by molar-refractivity contribution is -0.119. The van der Waals surface area contributed by atoms with Crippen LogP contribution in [0.2, 0.25) is 0 Å². The summed E-state index contributed by atoms with van der Waals surface area (Å²) in [5.41, 5.74) is 8.90. The molecule has 0 saturated heterocycles. The number of carbonyl (C=O) groups is 1. The van der Waals surface area contributed by atoms with Crippen LogP contribution in [0.5, 0.6) is 0 Å². The third kappa shape index (κ3) is 3.61. The number of benzene rings is 1. The molecule has 0 fully saturated rings. The second-order valence-corrected chi connectivity index (χ2v) is 4.76. The molecule has 19 heavy (non-hydrogen) atoms. The van der Waals surface area contributed by atoms with E-state index in [1.165, 1.54) is 5.56 Å². The second-order valence-electron chi connectivity index (χ2n) is 4.76. The Bertz CT molecular complexity index is 448. The standard InChI is InChI=1S/C14H21N3O2/c1-19-8-2-6-16-14(18)10-17-7-5-11-9-12(15)3-4-13(11)17/h3-4,9H,2,5-8,10,15H2,1H3,(H,16,18). The molecule has 0 atom stereocenters. The Morgan fingerprint density at radius 1 is 1.53 bits per heavy atom. The minimum atomic E-state index is 0.0563. The number of nitrogen functional groups attached to an aromatic ring is 1. The topological polar surface area (TPSA) is 67.6 Å². The summed E-state index contributed by atoms with van der Waals surface area (Å²) >= 11 is 0. The molecule has 3 N–H and O–H groups in total. The number of nitrogens with two attached hydrogens (primary N) is 1. The Morgan fingerprint density at radius 3 is 3.16 bits per heavy atom. The van der Waals surface area contributed by atoms with Gasteiger partial charge >= 0.3 is 0 Å². The number of nitrogens with one attached hydrogen (secondary N) is 1. The summed E-state index contributed by atoms with van der Waals surface area (Å²) in [6.45, 7) is 2.62. The van der Waals surface area contributed by atoms with Gasteiger partial charge in [0.15, 0.2) is 0 Å². The number of anilines is 2. The van der Waals surface area contributed by atoms with Crippen molar-refractivity contribution in [3.63, 3.8) is 0 Å². The van der Waals surface area contributed by atoms with Crippen LogP contribution in [0.15, 0.2) is 18.2 Å². The number of ether oxygens (including phenoxy) is 1. The van der Waals surface area contributed by atoms with Crippen molar-refractivity contribution in [2.24, 2.45) is 0 Å². The van der Waals surface area contributed by atoms with E-state index in [9.17, 15) is 4.79 Å². The first-order valence-electron chi connectivity index (χ1n) is 6.59. The molecule has 1 heterocycles. The average Bonchev–Trinajstić information content (AvgIpc) is 2.77. The molecule has 0 bridgehead atoms. The molecule has 2 rings (SSSR count). The van der Waals surface area contributed by atoms with Crippen LogP contribution < -0.4 is 16.0 Å². The van der Waals surface area contributed by atoms with E-state index in [-0.39, 0.29) is 5.91 Å². The van der Waals surface area contributed by atoms with E-state index in [2.05, 4.69) is 10.2 Å². The van der Waals surface area contributed by atoms with Crippen LogP contribution in [0.4, 0.5) is 11.4 Å². The molecule has 5 heteroatoms. The zero-order valence-corrected chi connectivity index (χ0v) is 11.3. The molecule has 1 aliphatic rings. The van der Waals surface area contributed by atoms with Crippen LogP contribution in [0.3, 0.4) is 0 Å². The maximum Gasteiger partial charge on any atom is 0.239 e. The monoisotopic (exact) mass is 263 g/mol. The molecule has 104 valence electrons. The van der Waals surface area contributed by atoms with Gasteiger partial charge in [-0.25, -0.2) is 0 Å². The van der Waals surface area contributed by atoms with Gasteiger partial charge in [0.1, 0.15) is 0 Å². The third-order valence-electron chi connectivity index (χ3n) is 3.28. The van der Waals surface area contributed by atoms with E-state index in [1.807, 2.05) is 18.2 Å². The highest BCUT2D eigenvalue weighted by molar-refractivity contribution is 5.82. The van der Waals surface area contributed by atoms with E-state index in [0.29, 0.717) is 19.7 Å². The van der Waals surface area contributed by atoms with Crippen LogP contribution in [0.1, 0.15) is 12.0 Å². The van der Waals surface area contributed by atoms with Crippen molar-refractivity contribution in [3.05, 3.63) is 23.8 Å². The van der Waals surface area contributed by atoms with Gasteiger partial charge in [0.05, 0.1) is 6.54 Å². The second kappa shape index (κ2) is 6.43. The van der Waals surface area contributed by atoms with Crippen LogP contribution in [-0.2, 0) is 16.0 Å². The lowest BCUT2D eigenvalue weighted by Gasteiger charge is -2.18. The van der Waals surface area contributed by atoms with Crippen molar-refractivity contribution < 1.29 is 9.53 Å². The number of nitrogens with zero attached hydrogens (tertiary/aromatic N) is 1. The Morgan fingerprint density at radius 2 is 2.37 bits per heavy atom. The Balaban J connectivity index is 1.83. The number of amides is 1. The zero-order chi connectivity index (χ0) is 13.7. The van der Waals surface area contributed by atoms with Crippen LogP contribution in [-0.4, -0.2) is 39.3 Å². The number of methoxy groups -OCH3 is 1. The van der Waals surface area contributed by atoms with E-state index in [1.54, 1.807) is 7.11 Å². The molecule has 0 spiro atoms. The first kappa shape index (κ1) is 13.7. The van der Waals surface area contributed by atoms with Crippen molar-refractivity contribution >= 4 is 17.3 Å². The number of fused-ring (bicyclic) bond motifs is 1. The van der Waals surface area contributed by atoms with Gasteiger partial charge in [0.2, 0.25) is 5.91 Å². The van der Waals surface area contributed by atoms with E-state index in [4.69, 9.17) is 10.5 Å². The van der Waals surface area contributed by atoms with Crippen LogP contribution >= 0.6 is 0 Å². The van der Waals surface area contributed by atoms with E-state index < -0.39 is 0 Å². The highest BCUT2D eigenvalue weighted by Crippen LogP contribution is 2.29. The quantitative estimate of drug-likeness (QED) is 0.588. The molecule has 1 aromatic rings. The van der Waals surface area contributed by atoms with Gasteiger partial charge in [-0.15, -0.1) is 0 Å². The lowest BCUT2D eigenvalue weighted by atomic mass is 10.1. The summed E-state index contributed by atoms with van der Waals surface area (Å²) in [4.78, 5) is 13.9. The van der Waals surface area contributed by atoms with Crippen molar-refractivity contribution in [2.75, 3.05) is 44.0 Å². The maximum absolute atomic E-state index is 11.8. The van der Waals surface area contributed by atoms with E-state index in [0.717, 1.165) is 30.8 Å². The fourth-order valence-corrected chi connectivity index (χ4v) is 2.33. The molecule has 5 nitrogen and oxygen atoms in total. The molecule has 0 saturated carbocycles.